The Hall–Kier alpha value is -2.62. The molecule has 0 aliphatic carbocycles. The highest BCUT2D eigenvalue weighted by atomic mass is 16.5. The van der Waals surface area contributed by atoms with Crippen molar-refractivity contribution in [3.05, 3.63) is 59.7 Å². The summed E-state index contributed by atoms with van der Waals surface area (Å²) in [6.45, 7) is 2.38. The van der Waals surface area contributed by atoms with E-state index in [0.717, 1.165) is 12.8 Å². The van der Waals surface area contributed by atoms with E-state index < -0.39 is 11.9 Å². The third kappa shape index (κ3) is 3.52. The number of carbonyl (C=O) groups excluding carboxylic acids is 1. The first kappa shape index (κ1) is 15.8. The van der Waals surface area contributed by atoms with Crippen LogP contribution in [0.5, 0.6) is 0 Å². The van der Waals surface area contributed by atoms with Crippen molar-refractivity contribution >= 4 is 11.9 Å². The molecule has 0 bridgehead atoms. The lowest BCUT2D eigenvalue weighted by atomic mass is 9.95. The Balaban J connectivity index is 2.41. The molecule has 2 aromatic rings. The number of hydrogen-bond acceptors (Lipinski definition) is 3. The molecule has 0 saturated heterocycles. The van der Waals surface area contributed by atoms with Gasteiger partial charge in [0.15, 0.2) is 0 Å². The summed E-state index contributed by atoms with van der Waals surface area (Å²) < 4.78 is 5.24. The van der Waals surface area contributed by atoms with Gasteiger partial charge in [0.1, 0.15) is 0 Å². The Bertz CT molecular complexity index is 676. The molecule has 0 saturated carbocycles. The number of ether oxygens (including phenoxy) is 1. The number of carboxylic acids is 1. The van der Waals surface area contributed by atoms with Crippen molar-refractivity contribution in [2.45, 2.75) is 19.8 Å². The highest BCUT2D eigenvalue weighted by Gasteiger charge is 2.18. The third-order valence-electron chi connectivity index (χ3n) is 3.33. The fourth-order valence-corrected chi connectivity index (χ4v) is 2.19. The second-order valence-corrected chi connectivity index (χ2v) is 4.89. The van der Waals surface area contributed by atoms with Crippen molar-refractivity contribution in [2.75, 3.05) is 6.61 Å². The van der Waals surface area contributed by atoms with E-state index in [9.17, 15) is 14.7 Å². The lowest BCUT2D eigenvalue weighted by Crippen LogP contribution is -2.09. The normalized spacial score (nSPS) is 10.2. The largest absolute Gasteiger partial charge is 0.478 e. The average Bonchev–Trinajstić information content (AvgIpc) is 2.55. The Morgan fingerprint density at radius 2 is 1.50 bits per heavy atom. The van der Waals surface area contributed by atoms with Gasteiger partial charge in [-0.1, -0.05) is 49.7 Å². The molecule has 2 rings (SSSR count). The highest BCUT2D eigenvalue weighted by molar-refractivity contribution is 6.02. The van der Waals surface area contributed by atoms with Crippen molar-refractivity contribution in [2.24, 2.45) is 0 Å². The molecule has 0 spiro atoms. The first-order valence-electron chi connectivity index (χ1n) is 7.24. The molecule has 0 atom stereocenters. The third-order valence-corrected chi connectivity index (χ3v) is 3.33. The summed E-state index contributed by atoms with van der Waals surface area (Å²) >= 11 is 0. The molecular formula is C18H18O4. The summed E-state index contributed by atoms with van der Waals surface area (Å²) in [6, 6.07) is 13.5. The van der Waals surface area contributed by atoms with Crippen molar-refractivity contribution < 1.29 is 19.4 Å². The van der Waals surface area contributed by atoms with E-state index in [1.165, 1.54) is 6.07 Å². The summed E-state index contributed by atoms with van der Waals surface area (Å²) in [7, 11) is 0. The van der Waals surface area contributed by atoms with Crippen LogP contribution >= 0.6 is 0 Å². The second-order valence-electron chi connectivity index (χ2n) is 4.89. The maximum absolute atomic E-state index is 12.2. The van der Waals surface area contributed by atoms with E-state index in [1.807, 2.05) is 6.92 Å². The van der Waals surface area contributed by atoms with Crippen molar-refractivity contribution in [1.29, 1.82) is 0 Å². The predicted molar refractivity (Wildman–Crippen MR) is 84.0 cm³/mol. The molecular weight excluding hydrogens is 280 g/mol. The number of hydrogen-bond donors (Lipinski definition) is 1. The summed E-state index contributed by atoms with van der Waals surface area (Å²) in [4.78, 5) is 23.6. The van der Waals surface area contributed by atoms with Gasteiger partial charge in [-0.05, 0) is 29.7 Å². The molecule has 0 heterocycles. The topological polar surface area (TPSA) is 63.6 Å². The molecule has 4 nitrogen and oxygen atoms in total. The first-order chi connectivity index (χ1) is 10.6. The minimum atomic E-state index is -1.02. The number of carboxylic acid groups (broad SMARTS) is 1. The SMILES string of the molecule is CCCCOC(=O)c1ccccc1-c1ccccc1C(=O)O. The summed E-state index contributed by atoms with van der Waals surface area (Å²) in [5, 5.41) is 9.31. The maximum atomic E-state index is 12.2. The van der Waals surface area contributed by atoms with Crippen LogP contribution in [0.4, 0.5) is 0 Å². The van der Waals surface area contributed by atoms with Gasteiger partial charge in [-0.3, -0.25) is 0 Å². The molecule has 0 aromatic heterocycles. The van der Waals surface area contributed by atoms with Gasteiger partial charge >= 0.3 is 11.9 Å². The average molecular weight is 298 g/mol. The quantitative estimate of drug-likeness (QED) is 0.646. The van der Waals surface area contributed by atoms with Crippen LogP contribution in [0.2, 0.25) is 0 Å². The van der Waals surface area contributed by atoms with Crippen LogP contribution in [0.15, 0.2) is 48.5 Å². The van der Waals surface area contributed by atoms with Crippen LogP contribution in [-0.2, 0) is 4.74 Å². The van der Waals surface area contributed by atoms with E-state index in [2.05, 4.69) is 0 Å². The lowest BCUT2D eigenvalue weighted by molar-refractivity contribution is 0.0500. The van der Waals surface area contributed by atoms with Gasteiger partial charge in [-0.2, -0.15) is 0 Å². The summed E-state index contributed by atoms with van der Waals surface area (Å²) in [5.74, 6) is -1.45. The Labute approximate surface area is 129 Å². The maximum Gasteiger partial charge on any atom is 0.338 e. The first-order valence-corrected chi connectivity index (χ1v) is 7.24. The van der Waals surface area contributed by atoms with Gasteiger partial charge in [0.25, 0.3) is 0 Å². The van der Waals surface area contributed by atoms with Crippen molar-refractivity contribution in [1.82, 2.24) is 0 Å². The lowest BCUT2D eigenvalue weighted by Gasteiger charge is -2.11. The number of rotatable bonds is 6. The van der Waals surface area contributed by atoms with Gasteiger partial charge in [0, 0.05) is 0 Å². The fourth-order valence-electron chi connectivity index (χ4n) is 2.19. The number of unbranched alkanes of at least 4 members (excludes halogenated alkanes) is 1. The summed E-state index contributed by atoms with van der Waals surface area (Å²) in [5.41, 5.74) is 1.63. The molecule has 0 radical (unpaired) electrons. The Kier molecular flexibility index (Phi) is 5.31. The Morgan fingerprint density at radius 3 is 2.09 bits per heavy atom. The highest BCUT2D eigenvalue weighted by Crippen LogP contribution is 2.27. The van der Waals surface area contributed by atoms with Gasteiger partial charge in [0.05, 0.1) is 17.7 Å². The number of carbonyl (C=O) groups is 2. The van der Waals surface area contributed by atoms with Crippen LogP contribution in [0.25, 0.3) is 11.1 Å². The molecule has 0 aliphatic heterocycles. The van der Waals surface area contributed by atoms with E-state index in [-0.39, 0.29) is 5.56 Å². The molecule has 2 aromatic carbocycles. The van der Waals surface area contributed by atoms with Gasteiger partial charge in [-0.15, -0.1) is 0 Å². The number of aromatic carboxylic acids is 1. The predicted octanol–water partition coefficient (Wildman–Crippen LogP) is 4.01. The molecule has 1 N–H and O–H groups in total. The Morgan fingerprint density at radius 1 is 0.955 bits per heavy atom. The zero-order valence-corrected chi connectivity index (χ0v) is 12.4. The molecule has 0 aliphatic rings. The molecule has 0 amide bonds. The van der Waals surface area contributed by atoms with Crippen LogP contribution in [0.3, 0.4) is 0 Å². The molecule has 114 valence electrons. The second kappa shape index (κ2) is 7.41. The summed E-state index contributed by atoms with van der Waals surface area (Å²) in [6.07, 6.45) is 1.75. The van der Waals surface area contributed by atoms with Gasteiger partial charge < -0.3 is 9.84 Å². The van der Waals surface area contributed by atoms with Crippen LogP contribution in [-0.4, -0.2) is 23.7 Å². The number of esters is 1. The molecule has 0 unspecified atom stereocenters. The molecule has 0 fully saturated rings. The van der Waals surface area contributed by atoms with E-state index in [4.69, 9.17) is 4.74 Å². The smallest absolute Gasteiger partial charge is 0.338 e. The minimum Gasteiger partial charge on any atom is -0.478 e. The molecule has 22 heavy (non-hydrogen) atoms. The van der Waals surface area contributed by atoms with Gasteiger partial charge in [-0.25, -0.2) is 9.59 Å². The monoisotopic (exact) mass is 298 g/mol. The zero-order valence-electron chi connectivity index (χ0n) is 12.4. The minimum absolute atomic E-state index is 0.163. The van der Waals surface area contributed by atoms with E-state index in [1.54, 1.807) is 42.5 Å². The van der Waals surface area contributed by atoms with Crippen LogP contribution in [0.1, 0.15) is 40.5 Å². The van der Waals surface area contributed by atoms with Crippen molar-refractivity contribution in [3.63, 3.8) is 0 Å². The molecule has 4 heteroatoms. The fraction of sp³-hybridized carbons (Fsp3) is 0.222. The van der Waals surface area contributed by atoms with Crippen LogP contribution in [0, 0.1) is 0 Å². The van der Waals surface area contributed by atoms with E-state index in [0.29, 0.717) is 23.3 Å². The standard InChI is InChI=1S/C18H18O4/c1-2-3-12-22-18(21)16-11-7-5-9-14(16)13-8-4-6-10-15(13)17(19)20/h4-11H,2-3,12H2,1H3,(H,19,20). The van der Waals surface area contributed by atoms with Gasteiger partial charge in [0.2, 0.25) is 0 Å². The van der Waals surface area contributed by atoms with E-state index >= 15 is 0 Å². The zero-order chi connectivity index (χ0) is 15.9. The number of benzene rings is 2. The van der Waals surface area contributed by atoms with Crippen LogP contribution < -0.4 is 0 Å². The van der Waals surface area contributed by atoms with Crippen molar-refractivity contribution in [3.8, 4) is 11.1 Å².